The maximum absolute atomic E-state index is 10.2. The van der Waals surface area contributed by atoms with Crippen LogP contribution < -0.4 is 0 Å². The minimum atomic E-state index is -0.0342. The molecule has 0 amide bonds. The molecule has 74 valence electrons. The van der Waals surface area contributed by atoms with Gasteiger partial charge in [-0.15, -0.1) is 0 Å². The van der Waals surface area contributed by atoms with Crippen LogP contribution in [-0.2, 0) is 4.79 Å². The third kappa shape index (κ3) is 2.30. The van der Waals surface area contributed by atoms with Crippen molar-refractivity contribution < 1.29 is 4.79 Å². The van der Waals surface area contributed by atoms with Gasteiger partial charge in [0.05, 0.1) is 6.04 Å². The monoisotopic (exact) mass is 189 g/mol. The van der Waals surface area contributed by atoms with Gasteiger partial charge in [-0.2, -0.15) is 4.99 Å². The third-order valence-corrected chi connectivity index (χ3v) is 2.38. The predicted octanol–water partition coefficient (Wildman–Crippen LogP) is 3.09. The average molecular weight is 189 g/mol. The maximum atomic E-state index is 10.2. The lowest BCUT2D eigenvalue weighted by Gasteiger charge is -2.11. The summed E-state index contributed by atoms with van der Waals surface area (Å²) in [4.78, 5) is 14.0. The van der Waals surface area contributed by atoms with Gasteiger partial charge >= 0.3 is 0 Å². The molecular formula is C12H15NO. The summed E-state index contributed by atoms with van der Waals surface area (Å²) in [5, 5.41) is 0. The highest BCUT2D eigenvalue weighted by atomic mass is 16.1. The van der Waals surface area contributed by atoms with Gasteiger partial charge in [0.1, 0.15) is 0 Å². The Bertz CT molecular complexity index is 365. The zero-order chi connectivity index (χ0) is 10.6. The number of hydrogen-bond donors (Lipinski definition) is 0. The van der Waals surface area contributed by atoms with Crippen molar-refractivity contribution in [2.45, 2.75) is 33.2 Å². The molecule has 1 aromatic rings. The van der Waals surface area contributed by atoms with Crippen LogP contribution in [-0.4, -0.2) is 6.08 Å². The van der Waals surface area contributed by atoms with Gasteiger partial charge in [-0.3, -0.25) is 0 Å². The summed E-state index contributed by atoms with van der Waals surface area (Å²) >= 11 is 0. The molecule has 1 aromatic carbocycles. The lowest BCUT2D eigenvalue weighted by Crippen LogP contribution is -1.97. The number of isocyanates is 1. The Hall–Kier alpha value is -1.40. The number of aryl methyl sites for hydroxylation is 2. The molecule has 1 atom stereocenters. The van der Waals surface area contributed by atoms with Crippen LogP contribution in [0.1, 0.15) is 36.1 Å². The molecule has 0 aromatic heterocycles. The molecule has 0 spiro atoms. The van der Waals surface area contributed by atoms with Crippen molar-refractivity contribution in [2.24, 2.45) is 4.99 Å². The van der Waals surface area contributed by atoms with Gasteiger partial charge in [0.2, 0.25) is 6.08 Å². The Morgan fingerprint density at radius 2 is 2.14 bits per heavy atom. The SMILES string of the molecule is CC[C@@H](N=C=O)c1ccc(C)cc1C. The maximum Gasteiger partial charge on any atom is 0.235 e. The predicted molar refractivity (Wildman–Crippen MR) is 57.1 cm³/mol. The second-order valence-corrected chi connectivity index (χ2v) is 3.50. The summed E-state index contributed by atoms with van der Waals surface area (Å²) in [6, 6.07) is 6.16. The Labute approximate surface area is 84.7 Å². The summed E-state index contributed by atoms with van der Waals surface area (Å²) in [6.07, 6.45) is 2.47. The third-order valence-electron chi connectivity index (χ3n) is 2.38. The van der Waals surface area contributed by atoms with E-state index in [-0.39, 0.29) is 6.04 Å². The Morgan fingerprint density at radius 3 is 2.64 bits per heavy atom. The first-order chi connectivity index (χ1) is 6.69. The quantitative estimate of drug-likeness (QED) is 0.530. The highest BCUT2D eigenvalue weighted by molar-refractivity contribution is 5.38. The topological polar surface area (TPSA) is 29.4 Å². The van der Waals surface area contributed by atoms with E-state index in [0.717, 1.165) is 12.0 Å². The Morgan fingerprint density at radius 1 is 1.43 bits per heavy atom. The minimum absolute atomic E-state index is 0.0342. The molecule has 0 aliphatic carbocycles. The summed E-state index contributed by atoms with van der Waals surface area (Å²) in [5.74, 6) is 0. The first-order valence-corrected chi connectivity index (χ1v) is 4.83. The van der Waals surface area contributed by atoms with Gasteiger partial charge in [-0.1, -0.05) is 30.7 Å². The fraction of sp³-hybridized carbons (Fsp3) is 0.417. The van der Waals surface area contributed by atoms with Gasteiger partial charge in [0.15, 0.2) is 0 Å². The van der Waals surface area contributed by atoms with Crippen LogP contribution in [0.5, 0.6) is 0 Å². The molecule has 0 N–H and O–H groups in total. The normalized spacial score (nSPS) is 11.9. The van der Waals surface area contributed by atoms with Gasteiger partial charge in [0, 0.05) is 0 Å². The molecule has 2 nitrogen and oxygen atoms in total. The van der Waals surface area contributed by atoms with Crippen molar-refractivity contribution >= 4 is 6.08 Å². The molecule has 0 saturated heterocycles. The molecule has 0 radical (unpaired) electrons. The first-order valence-electron chi connectivity index (χ1n) is 4.83. The number of rotatable bonds is 3. The summed E-state index contributed by atoms with van der Waals surface area (Å²) < 4.78 is 0. The van der Waals surface area contributed by atoms with Crippen molar-refractivity contribution in [3.63, 3.8) is 0 Å². The fourth-order valence-electron chi connectivity index (χ4n) is 1.64. The van der Waals surface area contributed by atoms with E-state index < -0.39 is 0 Å². The zero-order valence-corrected chi connectivity index (χ0v) is 8.87. The Kier molecular flexibility index (Phi) is 3.61. The molecule has 0 aliphatic rings. The van der Waals surface area contributed by atoms with Crippen molar-refractivity contribution in [2.75, 3.05) is 0 Å². The summed E-state index contributed by atoms with van der Waals surface area (Å²) in [5.41, 5.74) is 3.55. The summed E-state index contributed by atoms with van der Waals surface area (Å²) in [7, 11) is 0. The van der Waals surface area contributed by atoms with Crippen molar-refractivity contribution in [1.82, 2.24) is 0 Å². The second-order valence-electron chi connectivity index (χ2n) is 3.50. The van der Waals surface area contributed by atoms with E-state index in [1.54, 1.807) is 6.08 Å². The van der Waals surface area contributed by atoms with Crippen LogP contribution in [0.15, 0.2) is 23.2 Å². The van der Waals surface area contributed by atoms with Crippen molar-refractivity contribution in [3.8, 4) is 0 Å². The molecule has 0 unspecified atom stereocenters. The molecule has 1 rings (SSSR count). The highest BCUT2D eigenvalue weighted by Crippen LogP contribution is 2.24. The number of benzene rings is 1. The smallest absolute Gasteiger partial charge is 0.211 e. The standard InChI is InChI=1S/C12H15NO/c1-4-12(13-8-14)11-6-5-9(2)7-10(11)3/h5-7,12H,4H2,1-3H3/t12-/m1/s1. The number of hydrogen-bond acceptors (Lipinski definition) is 2. The Balaban J connectivity index is 3.10. The molecule has 14 heavy (non-hydrogen) atoms. The van der Waals surface area contributed by atoms with Crippen LogP contribution >= 0.6 is 0 Å². The van der Waals surface area contributed by atoms with Crippen LogP contribution in [0, 0.1) is 13.8 Å². The fourth-order valence-corrected chi connectivity index (χ4v) is 1.64. The second kappa shape index (κ2) is 4.73. The largest absolute Gasteiger partial charge is 0.235 e. The van der Waals surface area contributed by atoms with E-state index in [1.165, 1.54) is 11.1 Å². The van der Waals surface area contributed by atoms with E-state index in [9.17, 15) is 4.79 Å². The number of aliphatic imine (C=N–C) groups is 1. The van der Waals surface area contributed by atoms with Gasteiger partial charge in [0.25, 0.3) is 0 Å². The lowest BCUT2D eigenvalue weighted by molar-refractivity contribution is 0.555. The molecule has 0 saturated carbocycles. The van der Waals surface area contributed by atoms with E-state index in [4.69, 9.17) is 0 Å². The molecular weight excluding hydrogens is 174 g/mol. The van der Waals surface area contributed by atoms with Gasteiger partial charge in [-0.05, 0) is 31.4 Å². The van der Waals surface area contributed by atoms with Gasteiger partial charge < -0.3 is 0 Å². The molecule has 2 heteroatoms. The van der Waals surface area contributed by atoms with E-state index in [1.807, 2.05) is 26.0 Å². The minimum Gasteiger partial charge on any atom is -0.211 e. The number of nitrogens with zero attached hydrogens (tertiary/aromatic N) is 1. The van der Waals surface area contributed by atoms with Crippen LogP contribution in [0.4, 0.5) is 0 Å². The number of carbonyl (C=O) groups excluding carboxylic acids is 1. The van der Waals surface area contributed by atoms with Crippen LogP contribution in [0.3, 0.4) is 0 Å². The lowest BCUT2D eigenvalue weighted by atomic mass is 9.98. The molecule has 0 bridgehead atoms. The highest BCUT2D eigenvalue weighted by Gasteiger charge is 2.09. The van der Waals surface area contributed by atoms with Crippen LogP contribution in [0.2, 0.25) is 0 Å². The van der Waals surface area contributed by atoms with E-state index in [0.29, 0.717) is 0 Å². The van der Waals surface area contributed by atoms with E-state index >= 15 is 0 Å². The molecule has 0 fully saturated rings. The van der Waals surface area contributed by atoms with Crippen molar-refractivity contribution in [1.29, 1.82) is 0 Å². The van der Waals surface area contributed by atoms with E-state index in [2.05, 4.69) is 18.0 Å². The first kappa shape index (κ1) is 10.7. The van der Waals surface area contributed by atoms with Crippen LogP contribution in [0.25, 0.3) is 0 Å². The molecule has 0 aliphatic heterocycles. The molecule has 0 heterocycles. The summed E-state index contributed by atoms with van der Waals surface area (Å²) in [6.45, 7) is 6.12. The average Bonchev–Trinajstić information content (AvgIpc) is 2.15. The zero-order valence-electron chi connectivity index (χ0n) is 8.87. The van der Waals surface area contributed by atoms with Crippen molar-refractivity contribution in [3.05, 3.63) is 34.9 Å². The van der Waals surface area contributed by atoms with Gasteiger partial charge in [-0.25, -0.2) is 4.79 Å².